The van der Waals surface area contributed by atoms with Crippen molar-refractivity contribution in [2.45, 2.75) is 98.0 Å². The van der Waals surface area contributed by atoms with E-state index in [-0.39, 0.29) is 0 Å². The lowest BCUT2D eigenvalue weighted by molar-refractivity contribution is 0.105. The van der Waals surface area contributed by atoms with Crippen LogP contribution in [0.15, 0.2) is 0 Å². The average molecular weight is 296 g/mol. The first-order chi connectivity index (χ1) is 9.76. The van der Waals surface area contributed by atoms with Crippen LogP contribution in [-0.2, 0) is 0 Å². The maximum absolute atomic E-state index is 9.65. The van der Waals surface area contributed by atoms with E-state index in [1.165, 1.54) is 38.5 Å². The minimum absolute atomic E-state index is 0.597. The van der Waals surface area contributed by atoms with Crippen molar-refractivity contribution in [3.05, 3.63) is 0 Å². The van der Waals surface area contributed by atoms with Gasteiger partial charge in [-0.2, -0.15) is 5.26 Å². The summed E-state index contributed by atoms with van der Waals surface area (Å²) in [5.41, 5.74) is -1.13. The molecule has 0 heterocycles. The molecule has 2 nitrogen and oxygen atoms in total. The third-order valence-corrected chi connectivity index (χ3v) is 4.47. The van der Waals surface area contributed by atoms with E-state index in [0.29, 0.717) is 12.3 Å². The molecule has 0 amide bonds. The number of aliphatic hydroxyl groups is 1. The fraction of sp³-hybridized carbons (Fsp3) is 0.947. The highest BCUT2D eigenvalue weighted by atomic mass is 16.3. The summed E-state index contributed by atoms with van der Waals surface area (Å²) in [6, 6.07) is 1.96. The van der Waals surface area contributed by atoms with Gasteiger partial charge in [0.2, 0.25) is 0 Å². The molecular formula is C19H37NO. The molecule has 0 aliphatic carbocycles. The Morgan fingerprint density at radius 3 is 1.71 bits per heavy atom. The van der Waals surface area contributed by atoms with Gasteiger partial charge in [0.1, 0.15) is 5.60 Å². The van der Waals surface area contributed by atoms with E-state index in [9.17, 15) is 5.11 Å². The van der Waals surface area contributed by atoms with Gasteiger partial charge in [0, 0.05) is 0 Å². The van der Waals surface area contributed by atoms with Gasteiger partial charge >= 0.3 is 0 Å². The first-order valence-electron chi connectivity index (χ1n) is 8.90. The van der Waals surface area contributed by atoms with Crippen LogP contribution in [0.4, 0.5) is 0 Å². The maximum Gasteiger partial charge on any atom is 0.148 e. The van der Waals surface area contributed by atoms with E-state index in [0.717, 1.165) is 24.7 Å². The maximum atomic E-state index is 9.65. The third-order valence-electron chi connectivity index (χ3n) is 4.47. The molecule has 0 aromatic carbocycles. The van der Waals surface area contributed by atoms with Crippen LogP contribution in [0.5, 0.6) is 0 Å². The molecule has 0 saturated heterocycles. The standard InChI is InChI=1S/C19H37NO/c1-16(2)9-6-10-17(3)11-7-12-18(4)13-8-14-19(5,21)15-20/h16-18,21H,6-14H2,1-5H3. The predicted molar refractivity (Wildman–Crippen MR) is 91.0 cm³/mol. The fourth-order valence-corrected chi connectivity index (χ4v) is 2.83. The van der Waals surface area contributed by atoms with E-state index in [2.05, 4.69) is 27.7 Å². The zero-order chi connectivity index (χ0) is 16.3. The summed E-state index contributed by atoms with van der Waals surface area (Å²) >= 11 is 0. The molecule has 0 fully saturated rings. The Balaban J connectivity index is 3.57. The normalized spacial score (nSPS) is 17.2. The molecule has 0 rings (SSSR count). The van der Waals surface area contributed by atoms with Gasteiger partial charge in [0.25, 0.3) is 0 Å². The van der Waals surface area contributed by atoms with E-state index in [1.807, 2.05) is 6.07 Å². The number of nitrogens with zero attached hydrogens (tertiary/aromatic N) is 1. The summed E-state index contributed by atoms with van der Waals surface area (Å²) in [7, 11) is 0. The summed E-state index contributed by atoms with van der Waals surface area (Å²) in [5.74, 6) is 2.40. The van der Waals surface area contributed by atoms with Crippen LogP contribution in [0, 0.1) is 29.1 Å². The van der Waals surface area contributed by atoms with E-state index in [1.54, 1.807) is 6.92 Å². The Hall–Kier alpha value is -0.550. The summed E-state index contributed by atoms with van der Waals surface area (Å²) in [4.78, 5) is 0. The lowest BCUT2D eigenvalue weighted by Gasteiger charge is -2.17. The van der Waals surface area contributed by atoms with Crippen molar-refractivity contribution in [2.24, 2.45) is 17.8 Å². The van der Waals surface area contributed by atoms with Crippen LogP contribution in [-0.4, -0.2) is 10.7 Å². The predicted octanol–water partition coefficient (Wildman–Crippen LogP) is 5.70. The average Bonchev–Trinajstić information content (AvgIpc) is 2.38. The first kappa shape index (κ1) is 20.5. The third kappa shape index (κ3) is 12.9. The SMILES string of the molecule is CC(C)CCCC(C)CCCC(C)CCCC(C)(O)C#N. The molecule has 2 heteroatoms. The van der Waals surface area contributed by atoms with Crippen LogP contribution < -0.4 is 0 Å². The number of hydrogen-bond donors (Lipinski definition) is 1. The molecule has 124 valence electrons. The minimum atomic E-state index is -1.13. The van der Waals surface area contributed by atoms with E-state index < -0.39 is 5.60 Å². The van der Waals surface area contributed by atoms with Crippen molar-refractivity contribution in [1.82, 2.24) is 0 Å². The summed E-state index contributed by atoms with van der Waals surface area (Å²) in [6.07, 6.45) is 10.7. The van der Waals surface area contributed by atoms with Gasteiger partial charge < -0.3 is 5.11 Å². The van der Waals surface area contributed by atoms with Crippen molar-refractivity contribution in [1.29, 1.82) is 5.26 Å². The molecule has 0 aliphatic rings. The molecule has 0 saturated carbocycles. The lowest BCUT2D eigenvalue weighted by Crippen LogP contribution is -2.20. The van der Waals surface area contributed by atoms with Gasteiger partial charge in [-0.15, -0.1) is 0 Å². The van der Waals surface area contributed by atoms with Crippen LogP contribution in [0.1, 0.15) is 92.4 Å². The van der Waals surface area contributed by atoms with Crippen LogP contribution in [0.25, 0.3) is 0 Å². The Morgan fingerprint density at radius 2 is 1.29 bits per heavy atom. The zero-order valence-corrected chi connectivity index (χ0v) is 15.0. The molecule has 0 aliphatic heterocycles. The van der Waals surface area contributed by atoms with Crippen LogP contribution in [0.2, 0.25) is 0 Å². The fourth-order valence-electron chi connectivity index (χ4n) is 2.83. The second kappa shape index (κ2) is 11.1. The highest BCUT2D eigenvalue weighted by Gasteiger charge is 2.18. The molecular weight excluding hydrogens is 258 g/mol. The monoisotopic (exact) mass is 295 g/mol. The molecule has 0 bridgehead atoms. The van der Waals surface area contributed by atoms with Crippen LogP contribution in [0.3, 0.4) is 0 Å². The number of rotatable bonds is 12. The molecule has 0 aromatic rings. The molecule has 0 aromatic heterocycles. The highest BCUT2D eigenvalue weighted by molar-refractivity contribution is 4.95. The molecule has 3 unspecified atom stereocenters. The first-order valence-corrected chi connectivity index (χ1v) is 8.90. The minimum Gasteiger partial charge on any atom is -0.376 e. The number of nitriles is 1. The van der Waals surface area contributed by atoms with Crippen molar-refractivity contribution in [3.63, 3.8) is 0 Å². The molecule has 0 radical (unpaired) electrons. The van der Waals surface area contributed by atoms with Crippen LogP contribution >= 0.6 is 0 Å². The largest absolute Gasteiger partial charge is 0.376 e. The highest BCUT2D eigenvalue weighted by Crippen LogP contribution is 2.22. The van der Waals surface area contributed by atoms with Crippen molar-refractivity contribution < 1.29 is 5.11 Å². The van der Waals surface area contributed by atoms with E-state index >= 15 is 0 Å². The van der Waals surface area contributed by atoms with Crippen molar-refractivity contribution in [2.75, 3.05) is 0 Å². The lowest BCUT2D eigenvalue weighted by atomic mass is 9.90. The van der Waals surface area contributed by atoms with Gasteiger partial charge in [-0.1, -0.05) is 72.6 Å². The summed E-state index contributed by atoms with van der Waals surface area (Å²) in [6.45, 7) is 10.9. The molecule has 0 spiro atoms. The molecule has 21 heavy (non-hydrogen) atoms. The topological polar surface area (TPSA) is 44.0 Å². The zero-order valence-electron chi connectivity index (χ0n) is 15.0. The summed E-state index contributed by atoms with van der Waals surface area (Å²) < 4.78 is 0. The second-order valence-corrected chi connectivity index (χ2v) is 7.74. The van der Waals surface area contributed by atoms with E-state index in [4.69, 9.17) is 5.26 Å². The Morgan fingerprint density at radius 1 is 0.857 bits per heavy atom. The Bertz CT molecular complexity index is 290. The molecule has 3 atom stereocenters. The molecule has 1 N–H and O–H groups in total. The van der Waals surface area contributed by atoms with Gasteiger partial charge in [0.15, 0.2) is 0 Å². The summed E-state index contributed by atoms with van der Waals surface area (Å²) in [5, 5.41) is 18.4. The van der Waals surface area contributed by atoms with Gasteiger partial charge in [0.05, 0.1) is 6.07 Å². The van der Waals surface area contributed by atoms with Gasteiger partial charge in [-0.25, -0.2) is 0 Å². The smallest absolute Gasteiger partial charge is 0.148 e. The Labute approximate surface area is 132 Å². The number of hydrogen-bond acceptors (Lipinski definition) is 2. The van der Waals surface area contributed by atoms with Crippen molar-refractivity contribution >= 4 is 0 Å². The van der Waals surface area contributed by atoms with Gasteiger partial charge in [-0.05, 0) is 37.5 Å². The Kier molecular flexibility index (Phi) is 10.8. The second-order valence-electron chi connectivity index (χ2n) is 7.74. The van der Waals surface area contributed by atoms with Gasteiger partial charge in [-0.3, -0.25) is 0 Å². The van der Waals surface area contributed by atoms with Crippen molar-refractivity contribution in [3.8, 4) is 6.07 Å². The quantitative estimate of drug-likeness (QED) is 0.469.